The van der Waals surface area contributed by atoms with E-state index in [0.29, 0.717) is 13.0 Å². The van der Waals surface area contributed by atoms with Gasteiger partial charge in [-0.2, -0.15) is 11.8 Å². The molecule has 0 radical (unpaired) electrons. The van der Waals surface area contributed by atoms with Crippen LogP contribution in [0, 0.1) is 24.7 Å². The van der Waals surface area contributed by atoms with Crippen molar-refractivity contribution in [2.24, 2.45) is 0 Å². The predicted octanol–water partition coefficient (Wildman–Crippen LogP) is 1.71. The fourth-order valence-corrected chi connectivity index (χ4v) is 2.73. The number of carbonyl (C=O) groups excluding carboxylic acids is 1. The zero-order chi connectivity index (χ0) is 18.1. The molecule has 0 saturated heterocycles. The summed E-state index contributed by atoms with van der Waals surface area (Å²) in [5.74, 6) is 6.59. The number of hydrogen-bond acceptors (Lipinski definition) is 5. The third-order valence-electron chi connectivity index (χ3n) is 2.94. The molecule has 0 aliphatic carbocycles. The third-order valence-corrected chi connectivity index (χ3v) is 4.13. The van der Waals surface area contributed by atoms with E-state index in [1.54, 1.807) is 11.8 Å². The fourth-order valence-electron chi connectivity index (χ4n) is 1.91. The lowest BCUT2D eigenvalue weighted by Gasteiger charge is -2.33. The molecule has 136 valence electrons. The number of carbonyl (C=O) groups is 1. The first kappa shape index (κ1) is 22.8. The first-order chi connectivity index (χ1) is 11.6. The first-order valence-corrected chi connectivity index (χ1v) is 9.28. The molecule has 1 amide bonds. The number of rotatable bonds is 15. The summed E-state index contributed by atoms with van der Waals surface area (Å²) < 4.78 is 16.4. The molecule has 0 aliphatic heterocycles. The van der Waals surface area contributed by atoms with Crippen LogP contribution in [0.1, 0.15) is 26.7 Å². The number of terminal acetylenes is 2. The molecule has 24 heavy (non-hydrogen) atoms. The Morgan fingerprint density at radius 1 is 1.04 bits per heavy atom. The van der Waals surface area contributed by atoms with Crippen LogP contribution in [0.3, 0.4) is 0 Å². The Hall–Kier alpha value is -1.18. The van der Waals surface area contributed by atoms with Gasteiger partial charge in [0.2, 0.25) is 5.91 Å². The first-order valence-electron chi connectivity index (χ1n) is 8.13. The molecule has 6 heteroatoms. The molecular formula is C18H29NO4S. The number of ether oxygens (including phenoxy) is 3. The Bertz CT molecular complexity index is 394. The van der Waals surface area contributed by atoms with Gasteiger partial charge in [0.25, 0.3) is 0 Å². The van der Waals surface area contributed by atoms with Crippen LogP contribution in [-0.2, 0) is 19.0 Å². The Balaban J connectivity index is 4.76. The largest absolute Gasteiger partial charge is 0.379 e. The average molecular weight is 356 g/mol. The third kappa shape index (κ3) is 11.4. The van der Waals surface area contributed by atoms with Crippen LogP contribution in [0.4, 0.5) is 0 Å². The molecular weight excluding hydrogens is 326 g/mol. The van der Waals surface area contributed by atoms with E-state index in [9.17, 15) is 4.79 Å². The smallest absolute Gasteiger partial charge is 0.221 e. The van der Waals surface area contributed by atoms with Crippen LogP contribution in [0.2, 0.25) is 0 Å². The van der Waals surface area contributed by atoms with E-state index < -0.39 is 5.54 Å². The van der Waals surface area contributed by atoms with Crippen LogP contribution >= 0.6 is 11.8 Å². The second-order valence-electron chi connectivity index (χ2n) is 5.22. The minimum absolute atomic E-state index is 0.0630. The van der Waals surface area contributed by atoms with Crippen molar-refractivity contribution < 1.29 is 19.0 Å². The van der Waals surface area contributed by atoms with Gasteiger partial charge in [-0.15, -0.1) is 12.8 Å². The quantitative estimate of drug-likeness (QED) is 0.358. The zero-order valence-corrected chi connectivity index (χ0v) is 15.6. The van der Waals surface area contributed by atoms with Gasteiger partial charge in [0.15, 0.2) is 0 Å². The van der Waals surface area contributed by atoms with Crippen molar-refractivity contribution in [3.63, 3.8) is 0 Å². The molecule has 0 aromatic heterocycles. The summed E-state index contributed by atoms with van der Waals surface area (Å²) in [5.41, 5.74) is -0.795. The maximum Gasteiger partial charge on any atom is 0.221 e. The number of thioether (sulfide) groups is 1. The lowest BCUT2D eigenvalue weighted by Crippen LogP contribution is -2.58. The highest BCUT2D eigenvalue weighted by Gasteiger charge is 2.33. The summed E-state index contributed by atoms with van der Waals surface area (Å²) in [6, 6.07) is 0. The molecule has 0 heterocycles. The Morgan fingerprint density at radius 3 is 2.12 bits per heavy atom. The van der Waals surface area contributed by atoms with E-state index >= 15 is 0 Å². The van der Waals surface area contributed by atoms with E-state index in [4.69, 9.17) is 27.1 Å². The molecule has 0 rings (SSSR count). The topological polar surface area (TPSA) is 56.8 Å². The summed E-state index contributed by atoms with van der Waals surface area (Å²) in [7, 11) is 0. The highest BCUT2D eigenvalue weighted by Crippen LogP contribution is 2.11. The molecule has 0 aliphatic rings. The van der Waals surface area contributed by atoms with Crippen molar-refractivity contribution in [3.05, 3.63) is 0 Å². The van der Waals surface area contributed by atoms with Crippen LogP contribution in [0.5, 0.6) is 0 Å². The van der Waals surface area contributed by atoms with Crippen LogP contribution < -0.4 is 5.32 Å². The molecule has 0 saturated carbocycles. The van der Waals surface area contributed by atoms with Gasteiger partial charge in [0.05, 0.1) is 19.8 Å². The van der Waals surface area contributed by atoms with E-state index in [-0.39, 0.29) is 38.9 Å². The number of amides is 1. The summed E-state index contributed by atoms with van der Waals surface area (Å²) in [4.78, 5) is 12.3. The van der Waals surface area contributed by atoms with Crippen LogP contribution in [0.15, 0.2) is 0 Å². The van der Waals surface area contributed by atoms with Crippen molar-refractivity contribution in [2.75, 3.05) is 51.1 Å². The van der Waals surface area contributed by atoms with Gasteiger partial charge in [-0.3, -0.25) is 4.79 Å². The van der Waals surface area contributed by atoms with E-state index in [1.807, 2.05) is 6.92 Å². The maximum absolute atomic E-state index is 12.3. The number of hydrogen-bond donors (Lipinski definition) is 1. The highest BCUT2D eigenvalue weighted by molar-refractivity contribution is 7.99. The Morgan fingerprint density at radius 2 is 1.62 bits per heavy atom. The fraction of sp³-hybridized carbons (Fsp3) is 0.722. The second kappa shape index (κ2) is 15.4. The normalized spacial score (nSPS) is 10.8. The summed E-state index contributed by atoms with van der Waals surface area (Å²) in [6.45, 7) is 5.52. The number of nitrogens with one attached hydrogen (secondary N) is 1. The molecule has 0 aromatic carbocycles. The Labute approximate surface area is 150 Å². The van der Waals surface area contributed by atoms with E-state index in [2.05, 4.69) is 24.1 Å². The Kier molecular flexibility index (Phi) is 14.6. The monoisotopic (exact) mass is 355 g/mol. The summed E-state index contributed by atoms with van der Waals surface area (Å²) in [5, 5.41) is 3.00. The molecule has 5 nitrogen and oxygen atoms in total. The van der Waals surface area contributed by atoms with Gasteiger partial charge >= 0.3 is 0 Å². The average Bonchev–Trinajstić information content (AvgIpc) is 2.57. The van der Waals surface area contributed by atoms with E-state index in [1.165, 1.54) is 0 Å². The van der Waals surface area contributed by atoms with Crippen molar-refractivity contribution in [3.8, 4) is 24.7 Å². The van der Waals surface area contributed by atoms with Gasteiger partial charge in [0.1, 0.15) is 18.8 Å². The van der Waals surface area contributed by atoms with Crippen molar-refractivity contribution >= 4 is 17.7 Å². The zero-order valence-electron chi connectivity index (χ0n) is 14.8. The SMILES string of the molecule is C#CCOCC(COCC)(COCC#C)NC(=O)CCSCCC. The summed E-state index contributed by atoms with van der Waals surface area (Å²) in [6.07, 6.45) is 12.0. The van der Waals surface area contributed by atoms with Gasteiger partial charge in [-0.1, -0.05) is 18.8 Å². The van der Waals surface area contributed by atoms with Crippen molar-refractivity contribution in [2.45, 2.75) is 32.2 Å². The molecule has 0 aromatic rings. The van der Waals surface area contributed by atoms with Crippen LogP contribution in [-0.4, -0.2) is 62.6 Å². The maximum atomic E-state index is 12.3. The van der Waals surface area contributed by atoms with Crippen molar-refractivity contribution in [1.82, 2.24) is 5.32 Å². The minimum Gasteiger partial charge on any atom is -0.379 e. The molecule has 0 spiro atoms. The van der Waals surface area contributed by atoms with Gasteiger partial charge in [0, 0.05) is 18.8 Å². The summed E-state index contributed by atoms with van der Waals surface area (Å²) >= 11 is 1.76. The van der Waals surface area contributed by atoms with Crippen LogP contribution in [0.25, 0.3) is 0 Å². The van der Waals surface area contributed by atoms with Gasteiger partial charge in [-0.25, -0.2) is 0 Å². The molecule has 0 unspecified atom stereocenters. The molecule has 0 atom stereocenters. The standard InChI is InChI=1S/C18H29NO4S/c1-5-10-22-15-18(14-21-8-4,16-23-11-6-2)19-17(20)9-13-24-12-7-3/h1-2H,7-16H2,3-4H3,(H,19,20). The molecule has 0 fully saturated rings. The predicted molar refractivity (Wildman–Crippen MR) is 98.9 cm³/mol. The van der Waals surface area contributed by atoms with Gasteiger partial charge in [-0.05, 0) is 19.1 Å². The van der Waals surface area contributed by atoms with Crippen molar-refractivity contribution in [1.29, 1.82) is 0 Å². The lowest BCUT2D eigenvalue weighted by atomic mass is 10.0. The lowest BCUT2D eigenvalue weighted by molar-refractivity contribution is -0.126. The highest BCUT2D eigenvalue weighted by atomic mass is 32.2. The second-order valence-corrected chi connectivity index (χ2v) is 6.45. The molecule has 0 bridgehead atoms. The van der Waals surface area contributed by atoms with E-state index in [0.717, 1.165) is 17.9 Å². The van der Waals surface area contributed by atoms with Gasteiger partial charge < -0.3 is 19.5 Å². The minimum atomic E-state index is -0.795. The molecule has 1 N–H and O–H groups in total.